The van der Waals surface area contributed by atoms with Crippen molar-refractivity contribution >= 4 is 35.0 Å². The lowest BCUT2D eigenvalue weighted by Gasteiger charge is -2.25. The van der Waals surface area contributed by atoms with Gasteiger partial charge in [-0.15, -0.1) is 0 Å². The number of aromatic nitrogens is 1. The maximum absolute atomic E-state index is 13.5. The van der Waals surface area contributed by atoms with Crippen molar-refractivity contribution in [2.45, 2.75) is 13.0 Å². The lowest BCUT2D eigenvalue weighted by molar-refractivity contribution is -0.136. The molecule has 170 valence electrons. The fourth-order valence-electron chi connectivity index (χ4n) is 3.74. The second kappa shape index (κ2) is 9.25. The molecular formula is C24H21ClN2O5S. The van der Waals surface area contributed by atoms with Gasteiger partial charge >= 0.3 is 5.97 Å². The predicted octanol–water partition coefficient (Wildman–Crippen LogP) is 3.08. The maximum atomic E-state index is 13.5. The monoisotopic (exact) mass is 484 g/mol. The second-order valence-electron chi connectivity index (χ2n) is 7.24. The molecule has 2 heterocycles. The lowest BCUT2D eigenvalue weighted by atomic mass is 9.95. The van der Waals surface area contributed by atoms with Gasteiger partial charge in [-0.05, 0) is 48.4 Å². The van der Waals surface area contributed by atoms with Crippen molar-refractivity contribution in [2.75, 3.05) is 21.3 Å². The molecule has 0 unspecified atom stereocenters. The molecule has 2 aromatic carbocycles. The fraction of sp³-hybridized carbons (Fsp3) is 0.208. The van der Waals surface area contributed by atoms with E-state index < -0.39 is 12.0 Å². The molecular weight excluding hydrogens is 464 g/mol. The third-order valence-electron chi connectivity index (χ3n) is 5.32. The molecule has 3 aromatic rings. The summed E-state index contributed by atoms with van der Waals surface area (Å²) in [7, 11) is 4.38. The van der Waals surface area contributed by atoms with Crippen molar-refractivity contribution in [3.63, 3.8) is 0 Å². The summed E-state index contributed by atoms with van der Waals surface area (Å²) in [5.74, 6) is 0.469. The van der Waals surface area contributed by atoms with E-state index in [9.17, 15) is 9.59 Å². The van der Waals surface area contributed by atoms with Crippen molar-refractivity contribution in [3.8, 4) is 11.5 Å². The first kappa shape index (κ1) is 22.8. The third kappa shape index (κ3) is 4.19. The van der Waals surface area contributed by atoms with Gasteiger partial charge in [0, 0.05) is 5.02 Å². The highest BCUT2D eigenvalue weighted by Gasteiger charge is 2.33. The summed E-state index contributed by atoms with van der Waals surface area (Å²) >= 11 is 7.23. The van der Waals surface area contributed by atoms with Gasteiger partial charge < -0.3 is 14.2 Å². The average molecular weight is 485 g/mol. The van der Waals surface area contributed by atoms with Gasteiger partial charge in [0.15, 0.2) is 16.3 Å². The highest BCUT2D eigenvalue weighted by molar-refractivity contribution is 7.07. The van der Waals surface area contributed by atoms with Crippen LogP contribution in [0, 0.1) is 0 Å². The first-order chi connectivity index (χ1) is 15.9. The van der Waals surface area contributed by atoms with E-state index in [0.29, 0.717) is 37.1 Å². The predicted molar refractivity (Wildman–Crippen MR) is 127 cm³/mol. The summed E-state index contributed by atoms with van der Waals surface area (Å²) < 4.78 is 17.8. The maximum Gasteiger partial charge on any atom is 0.338 e. The number of carbonyl (C=O) groups excluding carboxylic acids is 1. The summed E-state index contributed by atoms with van der Waals surface area (Å²) in [6, 6.07) is 11.7. The number of benzene rings is 2. The zero-order valence-corrected chi connectivity index (χ0v) is 20.0. The van der Waals surface area contributed by atoms with Crippen LogP contribution in [0.3, 0.4) is 0 Å². The summed E-state index contributed by atoms with van der Waals surface area (Å²) in [5.41, 5.74) is 2.01. The topological polar surface area (TPSA) is 79.1 Å². The Morgan fingerprint density at radius 3 is 2.42 bits per heavy atom. The number of esters is 1. The first-order valence-electron chi connectivity index (χ1n) is 9.96. The molecule has 1 aromatic heterocycles. The molecule has 33 heavy (non-hydrogen) atoms. The molecule has 7 nitrogen and oxygen atoms in total. The summed E-state index contributed by atoms with van der Waals surface area (Å²) in [4.78, 5) is 31.3. The molecule has 1 aliphatic rings. The molecule has 0 saturated heterocycles. The number of hydrogen-bond donors (Lipinski definition) is 0. The number of halogens is 1. The van der Waals surface area contributed by atoms with Crippen LogP contribution < -0.4 is 24.4 Å². The number of methoxy groups -OCH3 is 3. The molecule has 0 fully saturated rings. The molecule has 0 aliphatic carbocycles. The number of allylic oxidation sites excluding steroid dienone is 1. The van der Waals surface area contributed by atoms with E-state index in [1.54, 1.807) is 50.4 Å². The lowest BCUT2D eigenvalue weighted by Crippen LogP contribution is -2.39. The number of rotatable bonds is 5. The molecule has 0 bridgehead atoms. The number of carbonyl (C=O) groups is 1. The van der Waals surface area contributed by atoms with Crippen LogP contribution in [0.4, 0.5) is 0 Å². The standard InChI is InChI=1S/C24H21ClN2O5S/c1-13-20(23(29)32-4)21(15-7-10-17(30-2)18(12-15)31-3)27-22(28)19(33-24(27)26-13)11-14-5-8-16(25)9-6-14/h5-12,21H,1-4H3/b19-11+/t21-/m1/s1. The molecule has 0 N–H and O–H groups in total. The number of ether oxygens (including phenoxy) is 3. The Bertz CT molecular complexity index is 1440. The van der Waals surface area contributed by atoms with Crippen LogP contribution in [0.15, 0.2) is 63.5 Å². The van der Waals surface area contributed by atoms with Crippen LogP contribution in [0.1, 0.15) is 24.1 Å². The van der Waals surface area contributed by atoms with E-state index in [1.165, 1.54) is 30.1 Å². The summed E-state index contributed by atoms with van der Waals surface area (Å²) in [5, 5.41) is 0.611. The Kier molecular flexibility index (Phi) is 6.40. The van der Waals surface area contributed by atoms with Crippen molar-refractivity contribution in [3.05, 3.63) is 89.6 Å². The van der Waals surface area contributed by atoms with Gasteiger partial charge in [-0.3, -0.25) is 9.36 Å². The minimum Gasteiger partial charge on any atom is -0.493 e. The summed E-state index contributed by atoms with van der Waals surface area (Å²) in [6.45, 7) is 1.73. The molecule has 0 amide bonds. The van der Waals surface area contributed by atoms with E-state index in [2.05, 4.69) is 4.99 Å². The molecule has 1 aliphatic heterocycles. The Morgan fingerprint density at radius 1 is 1.09 bits per heavy atom. The van der Waals surface area contributed by atoms with E-state index in [-0.39, 0.29) is 11.1 Å². The van der Waals surface area contributed by atoms with E-state index in [4.69, 9.17) is 25.8 Å². The van der Waals surface area contributed by atoms with Gasteiger partial charge in [0.05, 0.1) is 43.2 Å². The molecule has 0 saturated carbocycles. The first-order valence-corrected chi connectivity index (χ1v) is 11.2. The minimum atomic E-state index is -0.735. The highest BCUT2D eigenvalue weighted by Crippen LogP contribution is 2.35. The average Bonchev–Trinajstić information content (AvgIpc) is 3.13. The molecule has 9 heteroatoms. The molecule has 0 radical (unpaired) electrons. The second-order valence-corrected chi connectivity index (χ2v) is 8.68. The van der Waals surface area contributed by atoms with Crippen molar-refractivity contribution in [2.24, 2.45) is 4.99 Å². The Hall–Kier alpha value is -3.36. The Labute approximate surface area is 198 Å². The van der Waals surface area contributed by atoms with Crippen LogP contribution >= 0.6 is 22.9 Å². The number of fused-ring (bicyclic) bond motifs is 1. The van der Waals surface area contributed by atoms with Crippen LogP contribution in [-0.4, -0.2) is 31.9 Å². The van der Waals surface area contributed by atoms with Gasteiger partial charge in [0.25, 0.3) is 5.56 Å². The minimum absolute atomic E-state index is 0.262. The summed E-state index contributed by atoms with van der Waals surface area (Å²) in [6.07, 6.45) is 1.78. The number of nitrogens with zero attached hydrogens (tertiary/aromatic N) is 2. The fourth-order valence-corrected chi connectivity index (χ4v) is 4.91. The molecule has 1 atom stereocenters. The van der Waals surface area contributed by atoms with Crippen LogP contribution in [0.2, 0.25) is 5.02 Å². The van der Waals surface area contributed by atoms with E-state index in [0.717, 1.165) is 5.56 Å². The van der Waals surface area contributed by atoms with E-state index in [1.807, 2.05) is 12.1 Å². The van der Waals surface area contributed by atoms with Gasteiger partial charge in [0.1, 0.15) is 0 Å². The quantitative estimate of drug-likeness (QED) is 0.520. The van der Waals surface area contributed by atoms with Crippen molar-refractivity contribution in [1.82, 2.24) is 4.57 Å². The van der Waals surface area contributed by atoms with Gasteiger partial charge in [-0.25, -0.2) is 9.79 Å². The normalized spacial score (nSPS) is 15.7. The molecule has 4 rings (SSSR count). The van der Waals surface area contributed by atoms with Crippen LogP contribution in [-0.2, 0) is 9.53 Å². The van der Waals surface area contributed by atoms with Gasteiger partial charge in [0.2, 0.25) is 0 Å². The van der Waals surface area contributed by atoms with Gasteiger partial charge in [-0.1, -0.05) is 41.1 Å². The van der Waals surface area contributed by atoms with Crippen molar-refractivity contribution in [1.29, 1.82) is 0 Å². The van der Waals surface area contributed by atoms with Crippen LogP contribution in [0.5, 0.6) is 11.5 Å². The van der Waals surface area contributed by atoms with E-state index >= 15 is 0 Å². The Morgan fingerprint density at radius 2 is 1.79 bits per heavy atom. The zero-order valence-electron chi connectivity index (χ0n) is 18.4. The highest BCUT2D eigenvalue weighted by atomic mass is 35.5. The molecule has 0 spiro atoms. The SMILES string of the molecule is COC(=O)C1=C(C)N=c2s/c(=C/c3ccc(Cl)cc3)c(=O)n2[C@@H]1c1ccc(OC)c(OC)c1. The van der Waals surface area contributed by atoms with Gasteiger partial charge in [-0.2, -0.15) is 0 Å². The Balaban J connectivity index is 1.97. The largest absolute Gasteiger partial charge is 0.493 e. The van der Waals surface area contributed by atoms with Crippen molar-refractivity contribution < 1.29 is 19.0 Å². The van der Waals surface area contributed by atoms with Crippen LogP contribution in [0.25, 0.3) is 6.08 Å². The number of hydrogen-bond acceptors (Lipinski definition) is 7. The smallest absolute Gasteiger partial charge is 0.338 e. The number of thiazole rings is 1. The zero-order chi connectivity index (χ0) is 23.7. The third-order valence-corrected chi connectivity index (χ3v) is 6.55.